The maximum Gasteiger partial charge on any atom is 0.294 e. The fraction of sp³-hybridized carbons (Fsp3) is 0.200. The summed E-state index contributed by atoms with van der Waals surface area (Å²) in [6, 6.07) is 14.7. The maximum absolute atomic E-state index is 12.2. The number of rotatable bonds is 7. The Labute approximate surface area is 164 Å². The zero-order chi connectivity index (χ0) is 20.7. The summed E-state index contributed by atoms with van der Waals surface area (Å²) < 4.78 is 31.0. The van der Waals surface area contributed by atoms with Gasteiger partial charge in [0.15, 0.2) is 0 Å². The molecular formula is C20H21N3O4S. The van der Waals surface area contributed by atoms with Gasteiger partial charge < -0.3 is 10.6 Å². The average molecular weight is 399 g/mol. The van der Waals surface area contributed by atoms with Crippen LogP contribution in [-0.4, -0.2) is 18.9 Å². The van der Waals surface area contributed by atoms with Gasteiger partial charge in [0.1, 0.15) is 11.6 Å². The van der Waals surface area contributed by atoms with Gasteiger partial charge in [-0.15, -0.1) is 0 Å². The second-order valence-corrected chi connectivity index (χ2v) is 7.53. The van der Waals surface area contributed by atoms with E-state index >= 15 is 0 Å². The van der Waals surface area contributed by atoms with Crippen LogP contribution >= 0.6 is 0 Å². The molecule has 7 nitrogen and oxygen atoms in total. The normalized spacial score (nSPS) is 12.7. The van der Waals surface area contributed by atoms with Gasteiger partial charge in [0.2, 0.25) is 0 Å². The van der Waals surface area contributed by atoms with Crippen LogP contribution in [0.5, 0.6) is 0 Å². The molecule has 0 aliphatic carbocycles. The molecule has 1 atom stereocenters. The van der Waals surface area contributed by atoms with E-state index in [1.807, 2.05) is 37.3 Å². The van der Waals surface area contributed by atoms with Crippen LogP contribution in [0.1, 0.15) is 31.0 Å². The van der Waals surface area contributed by atoms with Crippen LogP contribution in [-0.2, 0) is 21.3 Å². The first kappa shape index (κ1) is 21.2. The summed E-state index contributed by atoms with van der Waals surface area (Å²) in [6.45, 7) is 3.99. The molecule has 0 aromatic heterocycles. The number of hydrogen-bond acceptors (Lipinski definition) is 5. The lowest BCUT2D eigenvalue weighted by Gasteiger charge is -2.13. The molecule has 0 spiro atoms. The van der Waals surface area contributed by atoms with E-state index in [2.05, 4.69) is 17.6 Å². The molecule has 2 aromatic rings. The van der Waals surface area contributed by atoms with Crippen molar-refractivity contribution in [3.63, 3.8) is 0 Å². The van der Waals surface area contributed by atoms with Crippen molar-refractivity contribution in [1.82, 2.24) is 5.32 Å². The van der Waals surface area contributed by atoms with Crippen molar-refractivity contribution in [2.45, 2.75) is 31.2 Å². The van der Waals surface area contributed by atoms with Crippen LogP contribution < -0.4 is 10.6 Å². The molecule has 2 rings (SSSR count). The fourth-order valence-corrected chi connectivity index (χ4v) is 2.88. The smallest absolute Gasteiger partial charge is 0.294 e. The predicted octanol–water partition coefficient (Wildman–Crippen LogP) is 3.19. The quantitative estimate of drug-likeness (QED) is 0.374. The van der Waals surface area contributed by atoms with Gasteiger partial charge in [-0.1, -0.05) is 31.2 Å². The van der Waals surface area contributed by atoms with E-state index in [4.69, 9.17) is 4.55 Å². The molecule has 0 aliphatic rings. The summed E-state index contributed by atoms with van der Waals surface area (Å²) >= 11 is 0. The standard InChI is InChI=1S/C20H21N3O4S/c1-3-15-4-6-16(7-5-15)14(2)22-13-17(12-21)20(24)23-18-8-10-19(11-9-18)28(25,26)27/h4-11,13-14,22H,3H2,1-2H3,(H,23,24)(H,25,26,27)/b17-13-. The van der Waals surface area contributed by atoms with Gasteiger partial charge in [-0.3, -0.25) is 9.35 Å². The number of anilines is 1. The van der Waals surface area contributed by atoms with E-state index in [0.29, 0.717) is 5.69 Å². The highest BCUT2D eigenvalue weighted by atomic mass is 32.2. The lowest BCUT2D eigenvalue weighted by atomic mass is 10.1. The third kappa shape index (κ3) is 5.67. The molecule has 0 aliphatic heterocycles. The fourth-order valence-electron chi connectivity index (χ4n) is 2.40. The first-order valence-electron chi connectivity index (χ1n) is 8.58. The van der Waals surface area contributed by atoms with Crippen LogP contribution in [0.15, 0.2) is 65.2 Å². The van der Waals surface area contributed by atoms with Crippen LogP contribution in [0.3, 0.4) is 0 Å². The van der Waals surface area contributed by atoms with E-state index in [-0.39, 0.29) is 16.5 Å². The Kier molecular flexibility index (Phi) is 6.93. The Balaban J connectivity index is 2.04. The van der Waals surface area contributed by atoms with E-state index in [0.717, 1.165) is 24.1 Å². The zero-order valence-corrected chi connectivity index (χ0v) is 16.3. The molecule has 1 unspecified atom stereocenters. The number of amides is 1. The van der Waals surface area contributed by atoms with Crippen molar-refractivity contribution < 1.29 is 17.8 Å². The SMILES string of the molecule is CCc1ccc(C(C)N/C=C(/C#N)C(=O)Nc2ccc(S(=O)(=O)O)cc2)cc1. The van der Waals surface area contributed by atoms with Crippen LogP contribution in [0.25, 0.3) is 0 Å². The number of nitrogens with one attached hydrogen (secondary N) is 2. The van der Waals surface area contributed by atoms with Crippen LogP contribution in [0, 0.1) is 11.3 Å². The third-order valence-corrected chi connectivity index (χ3v) is 5.01. The summed E-state index contributed by atoms with van der Waals surface area (Å²) in [5.74, 6) is -0.636. The van der Waals surface area contributed by atoms with Gasteiger partial charge in [0.05, 0.1) is 4.90 Å². The van der Waals surface area contributed by atoms with Gasteiger partial charge >= 0.3 is 0 Å². The molecular weight excluding hydrogens is 378 g/mol. The summed E-state index contributed by atoms with van der Waals surface area (Å²) in [5.41, 5.74) is 2.41. The zero-order valence-electron chi connectivity index (χ0n) is 15.5. The van der Waals surface area contributed by atoms with Gasteiger partial charge in [0, 0.05) is 17.9 Å². The molecule has 2 aromatic carbocycles. The Morgan fingerprint density at radius 3 is 2.29 bits per heavy atom. The molecule has 0 heterocycles. The maximum atomic E-state index is 12.2. The molecule has 1 amide bonds. The van der Waals surface area contributed by atoms with E-state index in [1.54, 1.807) is 0 Å². The molecule has 28 heavy (non-hydrogen) atoms. The first-order chi connectivity index (χ1) is 13.2. The Hall–Kier alpha value is -3.15. The largest absolute Gasteiger partial charge is 0.383 e. The summed E-state index contributed by atoms with van der Waals surface area (Å²) in [6.07, 6.45) is 2.30. The van der Waals surface area contributed by atoms with E-state index < -0.39 is 16.0 Å². The Morgan fingerprint density at radius 2 is 1.79 bits per heavy atom. The number of carbonyl (C=O) groups is 1. The average Bonchev–Trinajstić information content (AvgIpc) is 2.68. The van der Waals surface area contributed by atoms with E-state index in [1.165, 1.54) is 23.9 Å². The van der Waals surface area contributed by atoms with Gasteiger partial charge in [-0.25, -0.2) is 0 Å². The van der Waals surface area contributed by atoms with Crippen molar-refractivity contribution in [3.8, 4) is 6.07 Å². The summed E-state index contributed by atoms with van der Waals surface area (Å²) in [7, 11) is -4.30. The number of aryl methyl sites for hydroxylation is 1. The second kappa shape index (κ2) is 9.17. The molecule has 8 heteroatoms. The van der Waals surface area contributed by atoms with Crippen molar-refractivity contribution in [2.24, 2.45) is 0 Å². The molecule has 0 saturated heterocycles. The van der Waals surface area contributed by atoms with Gasteiger partial charge in [0.25, 0.3) is 16.0 Å². The summed E-state index contributed by atoms with van der Waals surface area (Å²) in [4.78, 5) is 12.0. The lowest BCUT2D eigenvalue weighted by Crippen LogP contribution is -2.18. The van der Waals surface area contributed by atoms with Crippen LogP contribution in [0.2, 0.25) is 0 Å². The molecule has 0 saturated carbocycles. The number of benzene rings is 2. The minimum absolute atomic E-state index is 0.101. The van der Waals surface area contributed by atoms with E-state index in [9.17, 15) is 18.5 Å². The minimum atomic E-state index is -4.30. The molecule has 146 valence electrons. The Morgan fingerprint density at radius 1 is 1.18 bits per heavy atom. The highest BCUT2D eigenvalue weighted by Gasteiger charge is 2.12. The van der Waals surface area contributed by atoms with Crippen molar-refractivity contribution in [1.29, 1.82) is 5.26 Å². The molecule has 0 fully saturated rings. The lowest BCUT2D eigenvalue weighted by molar-refractivity contribution is -0.112. The van der Waals surface area contributed by atoms with Gasteiger partial charge in [-0.2, -0.15) is 13.7 Å². The van der Waals surface area contributed by atoms with Crippen molar-refractivity contribution in [3.05, 3.63) is 71.4 Å². The monoisotopic (exact) mass is 399 g/mol. The number of nitrogens with zero attached hydrogens (tertiary/aromatic N) is 1. The minimum Gasteiger partial charge on any atom is -0.383 e. The highest BCUT2D eigenvalue weighted by molar-refractivity contribution is 7.85. The molecule has 0 bridgehead atoms. The second-order valence-electron chi connectivity index (χ2n) is 6.11. The van der Waals surface area contributed by atoms with Crippen molar-refractivity contribution in [2.75, 3.05) is 5.32 Å². The highest BCUT2D eigenvalue weighted by Crippen LogP contribution is 2.16. The van der Waals surface area contributed by atoms with Crippen molar-refractivity contribution >= 4 is 21.7 Å². The Bertz CT molecular complexity index is 1000. The molecule has 0 radical (unpaired) electrons. The first-order valence-corrected chi connectivity index (χ1v) is 10.0. The van der Waals surface area contributed by atoms with Gasteiger partial charge in [-0.05, 0) is 48.7 Å². The third-order valence-electron chi connectivity index (χ3n) is 4.14. The summed E-state index contributed by atoms with van der Waals surface area (Å²) in [5, 5.41) is 14.8. The number of hydrogen-bond donors (Lipinski definition) is 3. The number of carbonyl (C=O) groups excluding carboxylic acids is 1. The topological polar surface area (TPSA) is 119 Å². The predicted molar refractivity (Wildman–Crippen MR) is 106 cm³/mol. The van der Waals surface area contributed by atoms with Crippen LogP contribution in [0.4, 0.5) is 5.69 Å². The molecule has 3 N–H and O–H groups in total. The number of nitriles is 1.